The van der Waals surface area contributed by atoms with Crippen molar-refractivity contribution in [3.63, 3.8) is 0 Å². The van der Waals surface area contributed by atoms with E-state index < -0.39 is 12.0 Å². The fourth-order valence-corrected chi connectivity index (χ4v) is 1.88. The maximum Gasteiger partial charge on any atom is 0.176 e. The minimum Gasteiger partial charge on any atom is -0.387 e. The molecule has 1 aliphatic rings. The zero-order chi connectivity index (χ0) is 10.3. The second kappa shape index (κ2) is 3.03. The van der Waals surface area contributed by atoms with E-state index in [4.69, 9.17) is 0 Å². The molecule has 0 amide bonds. The van der Waals surface area contributed by atoms with Gasteiger partial charge in [-0.15, -0.1) is 0 Å². The molecule has 0 spiro atoms. The normalized spacial score (nSPS) is 24.9. The predicted molar refractivity (Wildman–Crippen MR) is 49.9 cm³/mol. The van der Waals surface area contributed by atoms with Crippen LogP contribution in [-0.2, 0) is 4.79 Å². The molecule has 72 valence electrons. The number of carbonyl (C=O) groups excluding carboxylic acids is 2. The van der Waals surface area contributed by atoms with Crippen molar-refractivity contribution in [3.8, 4) is 0 Å². The van der Waals surface area contributed by atoms with E-state index in [0.29, 0.717) is 11.1 Å². The first-order valence-corrected chi connectivity index (χ1v) is 4.44. The lowest BCUT2D eigenvalue weighted by molar-refractivity contribution is -0.121. The molecule has 0 fully saturated rings. The summed E-state index contributed by atoms with van der Waals surface area (Å²) in [4.78, 5) is 22.8. The van der Waals surface area contributed by atoms with Crippen LogP contribution in [0.4, 0.5) is 0 Å². The molecule has 2 unspecified atom stereocenters. The van der Waals surface area contributed by atoms with E-state index in [2.05, 4.69) is 0 Å². The van der Waals surface area contributed by atoms with Gasteiger partial charge in [0, 0.05) is 5.56 Å². The molecule has 0 saturated carbocycles. The molecule has 0 aromatic heterocycles. The van der Waals surface area contributed by atoms with Gasteiger partial charge in [0.2, 0.25) is 0 Å². The summed E-state index contributed by atoms with van der Waals surface area (Å²) in [5, 5.41) is 9.74. The lowest BCUT2D eigenvalue weighted by Crippen LogP contribution is -2.21. The Morgan fingerprint density at radius 3 is 2.57 bits per heavy atom. The molecule has 0 saturated heterocycles. The smallest absolute Gasteiger partial charge is 0.176 e. The van der Waals surface area contributed by atoms with Crippen LogP contribution in [0.25, 0.3) is 0 Å². The largest absolute Gasteiger partial charge is 0.387 e. The molecule has 2 atom stereocenters. The number of benzene rings is 1. The first-order valence-electron chi connectivity index (χ1n) is 4.44. The van der Waals surface area contributed by atoms with Crippen molar-refractivity contribution in [2.75, 3.05) is 0 Å². The second-order valence-corrected chi connectivity index (χ2v) is 3.48. The Labute approximate surface area is 81.4 Å². The number of Topliss-reactive ketones (excluding diaryl/α,β-unsaturated/α-hetero) is 2. The first-order chi connectivity index (χ1) is 6.63. The lowest BCUT2D eigenvalue weighted by Gasteiger charge is -2.08. The van der Waals surface area contributed by atoms with E-state index in [9.17, 15) is 14.7 Å². The van der Waals surface area contributed by atoms with Crippen molar-refractivity contribution in [1.29, 1.82) is 0 Å². The number of fused-ring (bicyclic) bond motifs is 1. The van der Waals surface area contributed by atoms with Crippen LogP contribution in [0.2, 0.25) is 0 Å². The molecule has 0 heterocycles. The highest BCUT2D eigenvalue weighted by atomic mass is 16.3. The molecule has 0 bridgehead atoms. The van der Waals surface area contributed by atoms with Crippen molar-refractivity contribution in [2.24, 2.45) is 5.92 Å². The summed E-state index contributed by atoms with van der Waals surface area (Å²) in [6.07, 6.45) is -0.962. The summed E-state index contributed by atoms with van der Waals surface area (Å²) < 4.78 is 0. The standard InChI is InChI=1S/C11H10O3/c1-6(12)9-10(13)7-4-2-3-5-8(7)11(9)14/h2-5,9-10,13H,1H3. The van der Waals surface area contributed by atoms with Crippen molar-refractivity contribution < 1.29 is 14.7 Å². The van der Waals surface area contributed by atoms with Crippen LogP contribution in [0.5, 0.6) is 0 Å². The summed E-state index contributed by atoms with van der Waals surface area (Å²) in [7, 11) is 0. The van der Waals surface area contributed by atoms with Gasteiger partial charge in [-0.1, -0.05) is 24.3 Å². The van der Waals surface area contributed by atoms with E-state index in [1.807, 2.05) is 0 Å². The summed E-state index contributed by atoms with van der Waals surface area (Å²) in [6, 6.07) is 6.80. The van der Waals surface area contributed by atoms with E-state index >= 15 is 0 Å². The van der Waals surface area contributed by atoms with Gasteiger partial charge in [0.05, 0.1) is 6.10 Å². The number of hydrogen-bond donors (Lipinski definition) is 1. The molecule has 3 nitrogen and oxygen atoms in total. The van der Waals surface area contributed by atoms with Crippen molar-refractivity contribution in [1.82, 2.24) is 0 Å². The van der Waals surface area contributed by atoms with Crippen molar-refractivity contribution in [2.45, 2.75) is 13.0 Å². The molecule has 0 aliphatic heterocycles. The quantitative estimate of drug-likeness (QED) is 0.675. The molecule has 14 heavy (non-hydrogen) atoms. The molecule has 1 aliphatic carbocycles. The van der Waals surface area contributed by atoms with Gasteiger partial charge < -0.3 is 5.11 Å². The number of rotatable bonds is 1. The van der Waals surface area contributed by atoms with Gasteiger partial charge >= 0.3 is 0 Å². The third-order valence-electron chi connectivity index (χ3n) is 2.58. The molecular weight excluding hydrogens is 180 g/mol. The Morgan fingerprint density at radius 2 is 2.00 bits per heavy atom. The minimum atomic E-state index is -0.962. The van der Waals surface area contributed by atoms with Gasteiger partial charge in [0.15, 0.2) is 5.78 Å². The number of aliphatic hydroxyl groups excluding tert-OH is 1. The van der Waals surface area contributed by atoms with E-state index in [0.717, 1.165) is 0 Å². The van der Waals surface area contributed by atoms with Crippen LogP contribution >= 0.6 is 0 Å². The Kier molecular flexibility index (Phi) is 1.97. The van der Waals surface area contributed by atoms with Gasteiger partial charge in [-0.2, -0.15) is 0 Å². The Morgan fingerprint density at radius 1 is 1.36 bits per heavy atom. The number of carbonyl (C=O) groups is 2. The van der Waals surface area contributed by atoms with Gasteiger partial charge in [-0.25, -0.2) is 0 Å². The summed E-state index contributed by atoms with van der Waals surface area (Å²) in [5.41, 5.74) is 1.04. The number of hydrogen-bond acceptors (Lipinski definition) is 3. The molecule has 3 heteroatoms. The van der Waals surface area contributed by atoms with Crippen molar-refractivity contribution >= 4 is 11.6 Å². The number of ketones is 2. The topological polar surface area (TPSA) is 54.4 Å². The van der Waals surface area contributed by atoms with Gasteiger partial charge in [0.25, 0.3) is 0 Å². The summed E-state index contributed by atoms with van der Waals surface area (Å²) in [6.45, 7) is 1.33. The predicted octanol–water partition coefficient (Wildman–Crippen LogP) is 1.12. The molecule has 1 N–H and O–H groups in total. The third-order valence-corrected chi connectivity index (χ3v) is 2.58. The highest BCUT2D eigenvalue weighted by molar-refractivity contribution is 6.14. The fraction of sp³-hybridized carbons (Fsp3) is 0.273. The highest BCUT2D eigenvalue weighted by Crippen LogP contribution is 2.35. The van der Waals surface area contributed by atoms with Gasteiger partial charge in [-0.05, 0) is 12.5 Å². The molecular formula is C11H10O3. The van der Waals surface area contributed by atoms with Gasteiger partial charge in [-0.3, -0.25) is 9.59 Å². The molecule has 0 radical (unpaired) electrons. The maximum atomic E-state index is 11.7. The monoisotopic (exact) mass is 190 g/mol. The van der Waals surface area contributed by atoms with Crippen molar-refractivity contribution in [3.05, 3.63) is 35.4 Å². The fourth-order valence-electron chi connectivity index (χ4n) is 1.88. The van der Waals surface area contributed by atoms with Crippen LogP contribution in [0, 0.1) is 5.92 Å². The first kappa shape index (κ1) is 9.09. The Hall–Kier alpha value is -1.48. The van der Waals surface area contributed by atoms with Crippen LogP contribution in [0.1, 0.15) is 28.9 Å². The van der Waals surface area contributed by atoms with Gasteiger partial charge in [0.1, 0.15) is 11.7 Å². The average molecular weight is 190 g/mol. The molecule has 1 aromatic carbocycles. The Bertz CT molecular complexity index is 409. The van der Waals surface area contributed by atoms with E-state index in [-0.39, 0.29) is 11.6 Å². The third kappa shape index (κ3) is 1.09. The highest BCUT2D eigenvalue weighted by Gasteiger charge is 2.41. The van der Waals surface area contributed by atoms with Crippen LogP contribution in [0.3, 0.4) is 0 Å². The lowest BCUT2D eigenvalue weighted by atomic mass is 9.98. The molecule has 1 aromatic rings. The van der Waals surface area contributed by atoms with Crippen LogP contribution in [-0.4, -0.2) is 16.7 Å². The summed E-state index contributed by atoms with van der Waals surface area (Å²) in [5.74, 6) is -1.44. The minimum absolute atomic E-state index is 0.263. The molecule has 2 rings (SSSR count). The van der Waals surface area contributed by atoms with E-state index in [1.165, 1.54) is 6.92 Å². The van der Waals surface area contributed by atoms with E-state index in [1.54, 1.807) is 24.3 Å². The second-order valence-electron chi connectivity index (χ2n) is 3.48. The average Bonchev–Trinajstić information content (AvgIpc) is 2.41. The zero-order valence-electron chi connectivity index (χ0n) is 7.73. The number of aliphatic hydroxyl groups is 1. The summed E-state index contributed by atoms with van der Waals surface area (Å²) >= 11 is 0. The zero-order valence-corrected chi connectivity index (χ0v) is 7.73. The van der Waals surface area contributed by atoms with Crippen LogP contribution in [0.15, 0.2) is 24.3 Å². The maximum absolute atomic E-state index is 11.7. The van der Waals surface area contributed by atoms with Crippen LogP contribution < -0.4 is 0 Å². The SMILES string of the molecule is CC(=O)C1C(=O)c2ccccc2C1O. The Balaban J connectivity index is 2.53.